The third-order valence-corrected chi connectivity index (χ3v) is 7.73. The van der Waals surface area contributed by atoms with Crippen LogP contribution in [-0.2, 0) is 10.0 Å². The molecule has 2 N–H and O–H groups in total. The van der Waals surface area contributed by atoms with E-state index in [1.54, 1.807) is 61.4 Å². The minimum Gasteiger partial charge on any atom is -0.324 e. The molecule has 0 aliphatic heterocycles. The van der Waals surface area contributed by atoms with Gasteiger partial charge in [0.15, 0.2) is 0 Å². The molecule has 0 atom stereocenters. The van der Waals surface area contributed by atoms with Gasteiger partial charge in [-0.2, -0.15) is 0 Å². The maximum atomic E-state index is 13.3. The van der Waals surface area contributed by atoms with Crippen LogP contribution >= 0.6 is 0 Å². The van der Waals surface area contributed by atoms with E-state index in [9.17, 15) is 8.42 Å². The molecule has 0 unspecified atom stereocenters. The van der Waals surface area contributed by atoms with Crippen LogP contribution in [0.4, 0.5) is 17.3 Å². The van der Waals surface area contributed by atoms with Gasteiger partial charge in [0.25, 0.3) is 10.0 Å². The second-order valence-electron chi connectivity index (χ2n) is 8.90. The summed E-state index contributed by atoms with van der Waals surface area (Å²) in [4.78, 5) is 17.4. The topological polar surface area (TPSA) is 115 Å². The summed E-state index contributed by atoms with van der Waals surface area (Å²) in [7, 11) is -3.85. The number of nitrogens with one attached hydrogen (secondary N) is 2. The third kappa shape index (κ3) is 5.05. The molecule has 0 aliphatic rings. The lowest BCUT2D eigenvalue weighted by Crippen LogP contribution is -2.13. The summed E-state index contributed by atoms with van der Waals surface area (Å²) in [5.74, 6) is 0.399. The molecule has 3 aromatic carbocycles. The Balaban J connectivity index is 1.24. The summed E-state index contributed by atoms with van der Waals surface area (Å²) in [6, 6.07) is 21.9. The number of rotatable bonds is 7. The zero-order valence-electron chi connectivity index (χ0n) is 20.9. The Hall–Kier alpha value is -5.09. The first-order valence-electron chi connectivity index (χ1n) is 12.1. The number of sulfonamides is 1. The normalized spacial score (nSPS) is 11.4. The third-order valence-electron chi connectivity index (χ3n) is 6.29. The highest BCUT2D eigenvalue weighted by molar-refractivity contribution is 7.93. The quantitative estimate of drug-likeness (QED) is 0.269. The monoisotopic (exact) mass is 533 g/mol. The summed E-state index contributed by atoms with van der Waals surface area (Å²) >= 11 is 0. The predicted molar refractivity (Wildman–Crippen MR) is 152 cm³/mol. The van der Waals surface area contributed by atoms with Gasteiger partial charge < -0.3 is 9.88 Å². The van der Waals surface area contributed by atoms with E-state index in [1.807, 2.05) is 60.2 Å². The number of benzene rings is 3. The van der Waals surface area contributed by atoms with Crippen molar-refractivity contribution in [3.63, 3.8) is 0 Å². The molecular weight excluding hydrogens is 510 g/mol. The molecule has 0 amide bonds. The average Bonchev–Trinajstić information content (AvgIpc) is 3.50. The van der Waals surface area contributed by atoms with E-state index in [1.165, 1.54) is 0 Å². The Morgan fingerprint density at radius 1 is 0.872 bits per heavy atom. The number of hydrogen-bond donors (Lipinski definition) is 2. The Morgan fingerprint density at radius 2 is 1.74 bits per heavy atom. The lowest BCUT2D eigenvalue weighted by molar-refractivity contribution is 0.602. The minimum absolute atomic E-state index is 0.188. The van der Waals surface area contributed by atoms with Crippen LogP contribution in [0.3, 0.4) is 0 Å². The first-order chi connectivity index (χ1) is 19.0. The highest BCUT2D eigenvalue weighted by Crippen LogP contribution is 2.28. The highest BCUT2D eigenvalue weighted by atomic mass is 32.2. The highest BCUT2D eigenvalue weighted by Gasteiger charge is 2.18. The number of fused-ring (bicyclic) bond motifs is 1. The number of nitrogens with zero attached hydrogens (tertiary/aromatic N) is 5. The van der Waals surface area contributed by atoms with Crippen LogP contribution < -0.4 is 10.0 Å². The van der Waals surface area contributed by atoms with Gasteiger partial charge in [-0.3, -0.25) is 9.71 Å². The summed E-state index contributed by atoms with van der Waals surface area (Å²) in [6.45, 7) is 1.93. The van der Waals surface area contributed by atoms with Crippen molar-refractivity contribution < 1.29 is 8.42 Å². The maximum absolute atomic E-state index is 13.3. The van der Waals surface area contributed by atoms with E-state index in [4.69, 9.17) is 0 Å². The smallest absolute Gasteiger partial charge is 0.262 e. The number of aryl methyl sites for hydroxylation is 1. The average molecular weight is 534 g/mol. The van der Waals surface area contributed by atoms with Gasteiger partial charge in [-0.15, -0.1) is 0 Å². The Morgan fingerprint density at radius 3 is 2.56 bits per heavy atom. The molecule has 39 heavy (non-hydrogen) atoms. The molecule has 3 aromatic heterocycles. The molecular formula is C29H23N7O2S. The number of aromatic nitrogens is 5. The maximum Gasteiger partial charge on any atom is 0.262 e. The van der Waals surface area contributed by atoms with Crippen molar-refractivity contribution in [1.82, 2.24) is 24.5 Å². The van der Waals surface area contributed by atoms with Gasteiger partial charge in [0.2, 0.25) is 5.95 Å². The van der Waals surface area contributed by atoms with Crippen LogP contribution in [0.1, 0.15) is 5.56 Å². The standard InChI is InChI=1S/C29H23N7O2S/c1-20-5-8-23(35-39(37,38)28-4-2-3-22-18-30-13-11-25(22)28)17-27(20)34-29-32-14-12-26(33-29)21-6-9-24(10-7-21)36-16-15-31-19-36/h2-19,35H,1H3,(H,32,33,34). The Bertz CT molecular complexity index is 1880. The molecule has 0 aliphatic carbocycles. The van der Waals surface area contributed by atoms with Gasteiger partial charge >= 0.3 is 0 Å². The molecule has 0 saturated carbocycles. The largest absolute Gasteiger partial charge is 0.324 e. The Labute approximate surface area is 225 Å². The SMILES string of the molecule is Cc1ccc(NS(=O)(=O)c2cccc3cnccc23)cc1Nc1nccc(-c2ccc(-n3ccnc3)cc2)n1. The first kappa shape index (κ1) is 24.3. The van der Waals surface area contributed by atoms with E-state index < -0.39 is 10.0 Å². The van der Waals surface area contributed by atoms with Crippen LogP contribution in [0.15, 0.2) is 115 Å². The van der Waals surface area contributed by atoms with Gasteiger partial charge in [0.05, 0.1) is 22.6 Å². The first-order valence-corrected chi connectivity index (χ1v) is 13.6. The predicted octanol–water partition coefficient (Wildman–Crippen LogP) is 5.73. The lowest BCUT2D eigenvalue weighted by Gasteiger charge is -2.14. The van der Waals surface area contributed by atoms with Crippen LogP contribution in [-0.4, -0.2) is 32.9 Å². The van der Waals surface area contributed by atoms with Crippen molar-refractivity contribution >= 4 is 38.1 Å². The van der Waals surface area contributed by atoms with Gasteiger partial charge in [-0.05, 0) is 55.0 Å². The molecule has 0 spiro atoms. The molecule has 192 valence electrons. The second-order valence-corrected chi connectivity index (χ2v) is 10.5. The van der Waals surface area contributed by atoms with Crippen LogP contribution in [0.5, 0.6) is 0 Å². The van der Waals surface area contributed by atoms with Crippen LogP contribution in [0.2, 0.25) is 0 Å². The van der Waals surface area contributed by atoms with Gasteiger partial charge in [-0.25, -0.2) is 23.4 Å². The minimum atomic E-state index is -3.85. The molecule has 0 radical (unpaired) electrons. The van der Waals surface area contributed by atoms with Gasteiger partial charge in [0.1, 0.15) is 0 Å². The van der Waals surface area contributed by atoms with Crippen molar-refractivity contribution in [2.24, 2.45) is 0 Å². The second kappa shape index (κ2) is 9.99. The summed E-state index contributed by atoms with van der Waals surface area (Å²) in [5.41, 5.74) is 4.70. The molecule has 6 aromatic rings. The fourth-order valence-corrected chi connectivity index (χ4v) is 5.55. The molecule has 0 fully saturated rings. The van der Waals surface area contributed by atoms with Crippen LogP contribution in [0, 0.1) is 6.92 Å². The molecule has 0 saturated heterocycles. The van der Waals surface area contributed by atoms with Crippen molar-refractivity contribution in [2.45, 2.75) is 11.8 Å². The van der Waals surface area contributed by atoms with Crippen molar-refractivity contribution in [3.8, 4) is 16.9 Å². The van der Waals surface area contributed by atoms with Gasteiger partial charge in [-0.1, -0.05) is 30.3 Å². The van der Waals surface area contributed by atoms with E-state index >= 15 is 0 Å². The fourth-order valence-electron chi connectivity index (χ4n) is 4.27. The molecule has 3 heterocycles. The zero-order chi connectivity index (χ0) is 26.8. The van der Waals surface area contributed by atoms with E-state index in [-0.39, 0.29) is 4.90 Å². The summed E-state index contributed by atoms with van der Waals surface area (Å²) in [6.07, 6.45) is 10.3. The number of imidazole rings is 1. The van der Waals surface area contributed by atoms with Crippen molar-refractivity contribution in [1.29, 1.82) is 0 Å². The van der Waals surface area contributed by atoms with E-state index in [2.05, 4.69) is 30.0 Å². The van der Waals surface area contributed by atoms with E-state index in [0.717, 1.165) is 27.9 Å². The fraction of sp³-hybridized carbons (Fsp3) is 0.0345. The summed E-state index contributed by atoms with van der Waals surface area (Å²) < 4.78 is 31.2. The molecule has 9 nitrogen and oxygen atoms in total. The molecule has 6 rings (SSSR count). The Kier molecular flexibility index (Phi) is 6.22. The number of pyridine rings is 1. The van der Waals surface area contributed by atoms with E-state index in [0.29, 0.717) is 22.7 Å². The molecule has 0 bridgehead atoms. The summed E-state index contributed by atoms with van der Waals surface area (Å²) in [5, 5.41) is 4.59. The van der Waals surface area contributed by atoms with Crippen molar-refractivity contribution in [3.05, 3.63) is 116 Å². The van der Waals surface area contributed by atoms with Gasteiger partial charge in [0, 0.05) is 58.7 Å². The van der Waals surface area contributed by atoms with Crippen LogP contribution in [0.25, 0.3) is 27.7 Å². The number of hydrogen-bond acceptors (Lipinski definition) is 7. The lowest BCUT2D eigenvalue weighted by atomic mass is 10.1. The zero-order valence-corrected chi connectivity index (χ0v) is 21.7. The number of anilines is 3. The van der Waals surface area contributed by atoms with Crippen molar-refractivity contribution in [2.75, 3.05) is 10.0 Å². The molecule has 10 heteroatoms.